The molecule has 0 heterocycles. The number of phenolic OH excluding ortho intramolecular Hbond substituents is 1. The number of nitrogen functional groups attached to an aromatic ring is 2. The van der Waals surface area contributed by atoms with Crippen molar-refractivity contribution >= 4 is 39.1 Å². The molecule has 124 valence electrons. The fourth-order valence-electron chi connectivity index (χ4n) is 1.36. The monoisotopic (exact) mass is 360 g/mol. The highest BCUT2D eigenvalue weighted by atomic mass is 35.5. The number of hydrogen-bond donors (Lipinski definition) is 5. The van der Waals surface area contributed by atoms with Crippen molar-refractivity contribution < 1.29 is 28.0 Å². The second-order valence-electron chi connectivity index (χ2n) is 4.24. The van der Waals surface area contributed by atoms with E-state index in [9.17, 15) is 13.2 Å². The van der Waals surface area contributed by atoms with Gasteiger partial charge in [0.2, 0.25) is 0 Å². The van der Waals surface area contributed by atoms with E-state index in [1.165, 1.54) is 24.3 Å². The first-order chi connectivity index (χ1) is 10.5. The van der Waals surface area contributed by atoms with Crippen LogP contribution in [0.3, 0.4) is 0 Å². The molecule has 0 aliphatic carbocycles. The molecule has 7 N–H and O–H groups in total. The fourth-order valence-corrected chi connectivity index (χ4v) is 1.99. The standard InChI is InChI=1S/C7H7NO3.C6H6ClNO3S/c8-5-2-1-4(7(10)11)3-6(5)9;7-5-2-1-4(3-6(5)8)12(9,10)11/h1-3,9H,8H2,(H,10,11);1-3H,8H2,(H,9,10,11). The molecule has 0 amide bonds. The molecular formula is C13H13ClN2O6S. The molecule has 2 aromatic rings. The van der Waals surface area contributed by atoms with Gasteiger partial charge in [-0.15, -0.1) is 0 Å². The predicted molar refractivity (Wildman–Crippen MR) is 85.2 cm³/mol. The van der Waals surface area contributed by atoms with Crippen LogP contribution in [0.25, 0.3) is 0 Å². The van der Waals surface area contributed by atoms with Crippen LogP contribution in [0.1, 0.15) is 10.4 Å². The van der Waals surface area contributed by atoms with E-state index in [1.807, 2.05) is 0 Å². The number of anilines is 2. The van der Waals surface area contributed by atoms with Crippen molar-refractivity contribution in [1.29, 1.82) is 0 Å². The third kappa shape index (κ3) is 5.33. The minimum Gasteiger partial charge on any atom is -0.506 e. The molecule has 2 rings (SSSR count). The molecule has 8 nitrogen and oxygen atoms in total. The molecule has 0 unspecified atom stereocenters. The van der Waals surface area contributed by atoms with Crippen LogP contribution in [0.15, 0.2) is 41.3 Å². The van der Waals surface area contributed by atoms with E-state index in [1.54, 1.807) is 0 Å². The first-order valence-corrected chi connectivity index (χ1v) is 7.68. The molecule has 0 spiro atoms. The van der Waals surface area contributed by atoms with Gasteiger partial charge in [-0.3, -0.25) is 4.55 Å². The normalized spacial score (nSPS) is 10.5. The van der Waals surface area contributed by atoms with E-state index in [2.05, 4.69) is 0 Å². The number of aromatic hydroxyl groups is 1. The fraction of sp³-hybridized carbons (Fsp3) is 0. The SMILES string of the molecule is Nc1cc(S(=O)(=O)O)ccc1Cl.Nc1ccc(C(=O)O)cc1O. The Hall–Kier alpha value is -2.49. The van der Waals surface area contributed by atoms with Crippen LogP contribution in [-0.4, -0.2) is 29.2 Å². The van der Waals surface area contributed by atoms with Crippen LogP contribution in [0.4, 0.5) is 11.4 Å². The number of phenols is 1. The van der Waals surface area contributed by atoms with Crippen LogP contribution in [0.5, 0.6) is 5.75 Å². The maximum atomic E-state index is 10.6. The van der Waals surface area contributed by atoms with E-state index < -0.39 is 16.1 Å². The van der Waals surface area contributed by atoms with Crippen LogP contribution < -0.4 is 11.5 Å². The number of benzene rings is 2. The first-order valence-electron chi connectivity index (χ1n) is 5.86. The molecule has 0 aromatic heterocycles. The van der Waals surface area contributed by atoms with Gasteiger partial charge in [-0.05, 0) is 36.4 Å². The molecule has 0 atom stereocenters. The summed E-state index contributed by atoms with van der Waals surface area (Å²) in [4.78, 5) is 10.1. The highest BCUT2D eigenvalue weighted by molar-refractivity contribution is 7.85. The Morgan fingerprint density at radius 2 is 1.65 bits per heavy atom. The maximum absolute atomic E-state index is 10.6. The van der Waals surface area contributed by atoms with E-state index in [-0.39, 0.29) is 32.6 Å². The first kappa shape index (κ1) is 18.6. The Balaban J connectivity index is 0.000000231. The van der Waals surface area contributed by atoms with Crippen molar-refractivity contribution in [3.63, 3.8) is 0 Å². The number of hydrogen-bond acceptors (Lipinski definition) is 6. The van der Waals surface area contributed by atoms with Gasteiger partial charge in [0, 0.05) is 0 Å². The minimum atomic E-state index is -4.18. The van der Waals surface area contributed by atoms with Gasteiger partial charge in [0.05, 0.1) is 26.9 Å². The van der Waals surface area contributed by atoms with Crippen molar-refractivity contribution in [2.24, 2.45) is 0 Å². The van der Waals surface area contributed by atoms with Crippen molar-refractivity contribution in [2.75, 3.05) is 11.5 Å². The second-order valence-corrected chi connectivity index (χ2v) is 6.07. The Morgan fingerprint density at radius 1 is 1.04 bits per heavy atom. The lowest BCUT2D eigenvalue weighted by Crippen LogP contribution is -1.99. The van der Waals surface area contributed by atoms with Gasteiger partial charge in [-0.2, -0.15) is 8.42 Å². The molecule has 23 heavy (non-hydrogen) atoms. The maximum Gasteiger partial charge on any atom is 0.335 e. The van der Waals surface area contributed by atoms with Crippen LogP contribution in [0, 0.1) is 0 Å². The molecule has 0 aliphatic rings. The summed E-state index contributed by atoms with van der Waals surface area (Å²) in [6.07, 6.45) is 0. The van der Waals surface area contributed by atoms with Gasteiger partial charge in [0.25, 0.3) is 10.1 Å². The molecule has 0 aliphatic heterocycles. The lowest BCUT2D eigenvalue weighted by molar-refractivity contribution is 0.0696. The largest absolute Gasteiger partial charge is 0.506 e. The van der Waals surface area contributed by atoms with Gasteiger partial charge in [-0.25, -0.2) is 4.79 Å². The number of carboxylic acids is 1. The van der Waals surface area contributed by atoms with Gasteiger partial charge >= 0.3 is 5.97 Å². The quantitative estimate of drug-likeness (QED) is 0.307. The van der Waals surface area contributed by atoms with E-state index in [0.717, 1.165) is 12.1 Å². The van der Waals surface area contributed by atoms with Gasteiger partial charge in [0.1, 0.15) is 5.75 Å². The summed E-state index contributed by atoms with van der Waals surface area (Å²) in [6.45, 7) is 0. The molecule has 0 radical (unpaired) electrons. The Kier molecular flexibility index (Phi) is 5.79. The van der Waals surface area contributed by atoms with E-state index >= 15 is 0 Å². The average Bonchev–Trinajstić information content (AvgIpc) is 2.44. The highest BCUT2D eigenvalue weighted by Gasteiger charge is 2.10. The van der Waals surface area contributed by atoms with Crippen molar-refractivity contribution in [2.45, 2.75) is 4.90 Å². The number of nitrogens with two attached hydrogens (primary N) is 2. The summed E-state index contributed by atoms with van der Waals surface area (Å²) in [5.74, 6) is -1.29. The molecule has 0 fully saturated rings. The smallest absolute Gasteiger partial charge is 0.335 e. The zero-order valence-electron chi connectivity index (χ0n) is 11.5. The number of rotatable bonds is 2. The third-order valence-corrected chi connectivity index (χ3v) is 3.74. The third-order valence-electron chi connectivity index (χ3n) is 2.54. The number of carbonyl (C=O) groups is 1. The Labute approximate surface area is 136 Å². The summed E-state index contributed by atoms with van der Waals surface area (Å²) in [7, 11) is -4.18. The van der Waals surface area contributed by atoms with E-state index in [4.69, 9.17) is 37.8 Å². The van der Waals surface area contributed by atoms with Crippen LogP contribution in [0.2, 0.25) is 5.02 Å². The lowest BCUT2D eigenvalue weighted by Gasteiger charge is -1.99. The highest BCUT2D eigenvalue weighted by Crippen LogP contribution is 2.22. The summed E-state index contributed by atoms with van der Waals surface area (Å²) < 4.78 is 29.7. The van der Waals surface area contributed by atoms with Crippen molar-refractivity contribution in [3.05, 3.63) is 47.0 Å². The lowest BCUT2D eigenvalue weighted by atomic mass is 10.2. The van der Waals surface area contributed by atoms with Gasteiger partial charge in [-0.1, -0.05) is 11.6 Å². The zero-order chi connectivity index (χ0) is 17.8. The van der Waals surface area contributed by atoms with Crippen molar-refractivity contribution in [1.82, 2.24) is 0 Å². The van der Waals surface area contributed by atoms with Gasteiger partial charge < -0.3 is 21.7 Å². The Morgan fingerprint density at radius 3 is 2.09 bits per heavy atom. The molecule has 0 saturated heterocycles. The summed E-state index contributed by atoms with van der Waals surface area (Å²) in [6, 6.07) is 7.36. The van der Waals surface area contributed by atoms with Crippen LogP contribution >= 0.6 is 11.6 Å². The number of carboxylic acid groups (broad SMARTS) is 1. The van der Waals surface area contributed by atoms with E-state index in [0.29, 0.717) is 0 Å². The summed E-state index contributed by atoms with van der Waals surface area (Å²) in [5, 5.41) is 17.7. The average molecular weight is 361 g/mol. The number of aromatic carboxylic acids is 1. The Bertz CT molecular complexity index is 838. The van der Waals surface area contributed by atoms with Gasteiger partial charge in [0.15, 0.2) is 0 Å². The predicted octanol–water partition coefficient (Wildman–Crippen LogP) is 1.84. The summed E-state index contributed by atoms with van der Waals surface area (Å²) in [5.41, 5.74) is 10.9. The van der Waals surface area contributed by atoms with Crippen LogP contribution in [-0.2, 0) is 10.1 Å². The van der Waals surface area contributed by atoms with Crippen molar-refractivity contribution in [3.8, 4) is 5.75 Å². The minimum absolute atomic E-state index is 0.0247. The molecule has 0 bridgehead atoms. The molecule has 0 saturated carbocycles. The number of halogens is 1. The second kappa shape index (κ2) is 7.18. The topological polar surface area (TPSA) is 164 Å². The summed E-state index contributed by atoms with van der Waals surface area (Å²) >= 11 is 5.53. The molecular weight excluding hydrogens is 348 g/mol. The zero-order valence-corrected chi connectivity index (χ0v) is 13.0. The molecule has 2 aromatic carbocycles. The molecule has 10 heteroatoms.